The van der Waals surface area contributed by atoms with E-state index < -0.39 is 0 Å². The number of nitrogens with zero attached hydrogens (tertiary/aromatic N) is 2. The molecule has 0 saturated carbocycles. The lowest BCUT2D eigenvalue weighted by Crippen LogP contribution is -2.07. The van der Waals surface area contributed by atoms with E-state index in [1.165, 1.54) is 0 Å². The molecule has 0 fully saturated rings. The monoisotopic (exact) mass is 324 g/mol. The number of rotatable bonds is 8. The summed E-state index contributed by atoms with van der Waals surface area (Å²) < 4.78 is 5.33. The Labute approximate surface area is 143 Å². The molecule has 4 heteroatoms. The number of azo groups is 1. The molecule has 126 valence electrons. The summed E-state index contributed by atoms with van der Waals surface area (Å²) in [6.07, 6.45) is 3.50. The highest BCUT2D eigenvalue weighted by molar-refractivity contribution is 5.72. The number of carbonyl (C=O) groups is 1. The minimum Gasteiger partial charge on any atom is -0.427 e. The fourth-order valence-electron chi connectivity index (χ4n) is 2.23. The van der Waals surface area contributed by atoms with Gasteiger partial charge in [-0.1, -0.05) is 50.1 Å². The van der Waals surface area contributed by atoms with Gasteiger partial charge in [0.15, 0.2) is 0 Å². The molecule has 2 rings (SSSR count). The van der Waals surface area contributed by atoms with E-state index in [1.54, 1.807) is 0 Å². The Bertz CT molecular complexity index is 651. The van der Waals surface area contributed by atoms with Gasteiger partial charge < -0.3 is 4.74 Å². The third-order valence-electron chi connectivity index (χ3n) is 3.68. The second-order valence-corrected chi connectivity index (χ2v) is 5.73. The van der Waals surface area contributed by atoms with Crippen molar-refractivity contribution >= 4 is 11.7 Å². The smallest absolute Gasteiger partial charge is 0.311 e. The Hall–Kier alpha value is -2.49. The SMILES string of the molecule is CCCCCC(=O)Oc1ccc(C(C)N=Nc2ccccc2)cc1. The Balaban J connectivity index is 1.89. The van der Waals surface area contributed by atoms with Crippen LogP contribution in [-0.4, -0.2) is 5.97 Å². The van der Waals surface area contributed by atoms with Crippen LogP contribution >= 0.6 is 0 Å². The van der Waals surface area contributed by atoms with Gasteiger partial charge in [-0.2, -0.15) is 10.2 Å². The number of hydrogen-bond acceptors (Lipinski definition) is 4. The lowest BCUT2D eigenvalue weighted by Gasteiger charge is -2.08. The summed E-state index contributed by atoms with van der Waals surface area (Å²) in [5.74, 6) is 0.403. The molecule has 24 heavy (non-hydrogen) atoms. The van der Waals surface area contributed by atoms with Crippen LogP contribution in [0.2, 0.25) is 0 Å². The van der Waals surface area contributed by atoms with Gasteiger partial charge in [-0.3, -0.25) is 4.79 Å². The zero-order chi connectivity index (χ0) is 17.2. The molecule has 0 heterocycles. The van der Waals surface area contributed by atoms with Crippen LogP contribution in [0.25, 0.3) is 0 Å². The number of benzene rings is 2. The highest BCUT2D eigenvalue weighted by Crippen LogP contribution is 2.23. The van der Waals surface area contributed by atoms with Crippen molar-refractivity contribution in [3.8, 4) is 5.75 Å². The minimum absolute atomic E-state index is 0.0560. The first kappa shape index (κ1) is 17.9. The van der Waals surface area contributed by atoms with Crippen molar-refractivity contribution < 1.29 is 9.53 Å². The third-order valence-corrected chi connectivity index (χ3v) is 3.68. The highest BCUT2D eigenvalue weighted by atomic mass is 16.5. The quantitative estimate of drug-likeness (QED) is 0.258. The maximum atomic E-state index is 11.7. The summed E-state index contributed by atoms with van der Waals surface area (Å²) in [6.45, 7) is 4.10. The summed E-state index contributed by atoms with van der Waals surface area (Å²) in [6, 6.07) is 17.0. The molecular weight excluding hydrogens is 300 g/mol. The van der Waals surface area contributed by atoms with Gasteiger partial charge in [-0.05, 0) is 43.2 Å². The van der Waals surface area contributed by atoms with Crippen molar-refractivity contribution in [2.75, 3.05) is 0 Å². The van der Waals surface area contributed by atoms with E-state index in [0.29, 0.717) is 12.2 Å². The number of ether oxygens (including phenoxy) is 1. The molecule has 0 saturated heterocycles. The molecular formula is C20H24N2O2. The summed E-state index contributed by atoms with van der Waals surface area (Å²) in [5.41, 5.74) is 1.86. The summed E-state index contributed by atoms with van der Waals surface area (Å²) >= 11 is 0. The fourth-order valence-corrected chi connectivity index (χ4v) is 2.23. The second-order valence-electron chi connectivity index (χ2n) is 5.73. The number of hydrogen-bond donors (Lipinski definition) is 0. The van der Waals surface area contributed by atoms with Crippen molar-refractivity contribution in [3.63, 3.8) is 0 Å². The lowest BCUT2D eigenvalue weighted by molar-refractivity contribution is -0.134. The predicted molar refractivity (Wildman–Crippen MR) is 95.6 cm³/mol. The Morgan fingerprint density at radius 2 is 1.75 bits per heavy atom. The second kappa shape index (κ2) is 9.60. The Kier molecular flexibility index (Phi) is 7.15. The van der Waals surface area contributed by atoms with Crippen LogP contribution in [0.15, 0.2) is 64.8 Å². The van der Waals surface area contributed by atoms with Crippen LogP contribution in [0.5, 0.6) is 5.75 Å². The molecule has 2 aromatic carbocycles. The van der Waals surface area contributed by atoms with Crippen LogP contribution in [-0.2, 0) is 4.79 Å². The summed E-state index contributed by atoms with van der Waals surface area (Å²) in [7, 11) is 0. The third kappa shape index (κ3) is 5.95. The number of carbonyl (C=O) groups excluding carboxylic acids is 1. The molecule has 0 aliphatic rings. The molecule has 0 spiro atoms. The van der Waals surface area contributed by atoms with Crippen molar-refractivity contribution in [2.45, 2.75) is 45.6 Å². The molecule has 1 unspecified atom stereocenters. The maximum absolute atomic E-state index is 11.7. The zero-order valence-electron chi connectivity index (χ0n) is 14.3. The lowest BCUT2D eigenvalue weighted by atomic mass is 10.1. The van der Waals surface area contributed by atoms with Crippen LogP contribution in [0.1, 0.15) is 51.1 Å². The highest BCUT2D eigenvalue weighted by Gasteiger charge is 2.07. The van der Waals surface area contributed by atoms with Crippen LogP contribution in [0.4, 0.5) is 5.69 Å². The van der Waals surface area contributed by atoms with Gasteiger partial charge in [0.1, 0.15) is 5.75 Å². The van der Waals surface area contributed by atoms with E-state index in [1.807, 2.05) is 61.5 Å². The van der Waals surface area contributed by atoms with E-state index >= 15 is 0 Å². The van der Waals surface area contributed by atoms with Gasteiger partial charge in [0.2, 0.25) is 0 Å². The van der Waals surface area contributed by atoms with E-state index in [9.17, 15) is 4.79 Å². The van der Waals surface area contributed by atoms with Gasteiger partial charge >= 0.3 is 5.97 Å². The normalized spacial score (nSPS) is 12.2. The molecule has 0 aliphatic carbocycles. The predicted octanol–water partition coefficient (Wildman–Crippen LogP) is 6.02. The van der Waals surface area contributed by atoms with E-state index in [-0.39, 0.29) is 12.0 Å². The van der Waals surface area contributed by atoms with Crippen LogP contribution < -0.4 is 4.74 Å². The molecule has 0 radical (unpaired) electrons. The molecule has 0 amide bonds. The standard InChI is InChI=1S/C20H24N2O2/c1-3-4-6-11-20(23)24-19-14-12-17(13-15-19)16(2)21-22-18-9-7-5-8-10-18/h5,7-10,12-16H,3-4,6,11H2,1-2H3. The van der Waals surface area contributed by atoms with Crippen LogP contribution in [0, 0.1) is 0 Å². The number of unbranched alkanes of at least 4 members (excludes halogenated alkanes) is 2. The van der Waals surface area contributed by atoms with Crippen molar-refractivity contribution in [3.05, 3.63) is 60.2 Å². The first-order valence-electron chi connectivity index (χ1n) is 8.45. The molecule has 2 aromatic rings. The molecule has 0 aromatic heterocycles. The maximum Gasteiger partial charge on any atom is 0.311 e. The van der Waals surface area contributed by atoms with E-state index in [0.717, 1.165) is 30.5 Å². The molecule has 0 bridgehead atoms. The molecule has 1 atom stereocenters. The van der Waals surface area contributed by atoms with Gasteiger partial charge in [-0.15, -0.1) is 0 Å². The van der Waals surface area contributed by atoms with E-state index in [4.69, 9.17) is 4.74 Å². The zero-order valence-corrected chi connectivity index (χ0v) is 14.3. The van der Waals surface area contributed by atoms with Gasteiger partial charge in [0, 0.05) is 6.42 Å². The molecule has 0 aliphatic heterocycles. The largest absolute Gasteiger partial charge is 0.427 e. The Morgan fingerprint density at radius 1 is 1.04 bits per heavy atom. The van der Waals surface area contributed by atoms with Gasteiger partial charge in [0.25, 0.3) is 0 Å². The average Bonchev–Trinajstić information content (AvgIpc) is 2.61. The topological polar surface area (TPSA) is 51.0 Å². The van der Waals surface area contributed by atoms with Crippen molar-refractivity contribution in [2.24, 2.45) is 10.2 Å². The number of esters is 1. The minimum atomic E-state index is -0.173. The van der Waals surface area contributed by atoms with E-state index in [2.05, 4.69) is 17.2 Å². The summed E-state index contributed by atoms with van der Waals surface area (Å²) in [5, 5.41) is 8.56. The van der Waals surface area contributed by atoms with Crippen molar-refractivity contribution in [1.82, 2.24) is 0 Å². The summed E-state index contributed by atoms with van der Waals surface area (Å²) in [4.78, 5) is 11.7. The fraction of sp³-hybridized carbons (Fsp3) is 0.350. The first-order valence-corrected chi connectivity index (χ1v) is 8.45. The van der Waals surface area contributed by atoms with Crippen molar-refractivity contribution in [1.29, 1.82) is 0 Å². The van der Waals surface area contributed by atoms with Crippen LogP contribution in [0.3, 0.4) is 0 Å². The van der Waals surface area contributed by atoms with Gasteiger partial charge in [0.05, 0.1) is 11.7 Å². The molecule has 0 N–H and O–H groups in total. The molecule has 4 nitrogen and oxygen atoms in total. The Morgan fingerprint density at radius 3 is 2.42 bits per heavy atom. The average molecular weight is 324 g/mol. The first-order chi connectivity index (χ1) is 11.7. The van der Waals surface area contributed by atoms with Gasteiger partial charge in [-0.25, -0.2) is 0 Å².